The van der Waals surface area contributed by atoms with Crippen LogP contribution in [0.25, 0.3) is 0 Å². The van der Waals surface area contributed by atoms with E-state index in [0.29, 0.717) is 13.0 Å². The molecular formula is C12H19N3OS. The topological polar surface area (TPSA) is 38.1 Å². The SMILES string of the molecule is CCn1nc(C)c(CN2CC(S)CC2=O)c1C. The van der Waals surface area contributed by atoms with E-state index in [1.165, 1.54) is 11.3 Å². The number of carbonyl (C=O) groups is 1. The Balaban J connectivity index is 2.19. The van der Waals surface area contributed by atoms with Crippen LogP contribution < -0.4 is 0 Å². The molecule has 4 nitrogen and oxygen atoms in total. The molecule has 1 fully saturated rings. The van der Waals surface area contributed by atoms with Gasteiger partial charge in [0.05, 0.1) is 5.69 Å². The minimum Gasteiger partial charge on any atom is -0.337 e. The van der Waals surface area contributed by atoms with Crippen molar-refractivity contribution in [1.29, 1.82) is 0 Å². The number of amides is 1. The van der Waals surface area contributed by atoms with Crippen LogP contribution in [0.15, 0.2) is 0 Å². The summed E-state index contributed by atoms with van der Waals surface area (Å²) in [6, 6.07) is 0. The van der Waals surface area contributed by atoms with Crippen molar-refractivity contribution < 1.29 is 4.79 Å². The maximum Gasteiger partial charge on any atom is 0.224 e. The molecule has 1 unspecified atom stereocenters. The third kappa shape index (κ3) is 2.34. The largest absolute Gasteiger partial charge is 0.337 e. The van der Waals surface area contributed by atoms with Crippen molar-refractivity contribution in [3.05, 3.63) is 17.0 Å². The Morgan fingerprint density at radius 3 is 2.65 bits per heavy atom. The van der Waals surface area contributed by atoms with Crippen LogP contribution in [0.3, 0.4) is 0 Å². The molecule has 0 spiro atoms. The Labute approximate surface area is 107 Å². The predicted molar refractivity (Wildman–Crippen MR) is 70.2 cm³/mol. The van der Waals surface area contributed by atoms with Crippen LogP contribution in [0.1, 0.15) is 30.3 Å². The fraction of sp³-hybridized carbons (Fsp3) is 0.667. The van der Waals surface area contributed by atoms with E-state index in [2.05, 4.69) is 31.6 Å². The fourth-order valence-corrected chi connectivity index (χ4v) is 2.72. The zero-order chi connectivity index (χ0) is 12.6. The zero-order valence-corrected chi connectivity index (χ0v) is 11.5. The Morgan fingerprint density at radius 1 is 1.47 bits per heavy atom. The highest BCUT2D eigenvalue weighted by Crippen LogP contribution is 2.21. The summed E-state index contributed by atoms with van der Waals surface area (Å²) in [5.74, 6) is 0.202. The molecule has 0 aromatic carbocycles. The van der Waals surface area contributed by atoms with E-state index in [1.54, 1.807) is 0 Å². The smallest absolute Gasteiger partial charge is 0.224 e. The molecule has 17 heavy (non-hydrogen) atoms. The van der Waals surface area contributed by atoms with Crippen molar-refractivity contribution in [1.82, 2.24) is 14.7 Å². The van der Waals surface area contributed by atoms with Crippen molar-refractivity contribution >= 4 is 18.5 Å². The number of rotatable bonds is 3. The van der Waals surface area contributed by atoms with E-state index in [9.17, 15) is 4.79 Å². The van der Waals surface area contributed by atoms with Gasteiger partial charge in [0.2, 0.25) is 5.91 Å². The van der Waals surface area contributed by atoms with E-state index < -0.39 is 0 Å². The first kappa shape index (κ1) is 12.5. The molecule has 1 atom stereocenters. The predicted octanol–water partition coefficient (Wildman–Crippen LogP) is 1.55. The Hall–Kier alpha value is -0.970. The monoisotopic (exact) mass is 253 g/mol. The van der Waals surface area contributed by atoms with Gasteiger partial charge in [-0.15, -0.1) is 0 Å². The number of aromatic nitrogens is 2. The van der Waals surface area contributed by atoms with Gasteiger partial charge in [-0.3, -0.25) is 9.48 Å². The third-order valence-corrected chi connectivity index (χ3v) is 3.72. The fourth-order valence-electron chi connectivity index (χ4n) is 2.37. The van der Waals surface area contributed by atoms with E-state index in [-0.39, 0.29) is 11.2 Å². The first-order valence-corrected chi connectivity index (χ1v) is 6.53. The van der Waals surface area contributed by atoms with E-state index >= 15 is 0 Å². The standard InChI is InChI=1S/C12H19N3OS/c1-4-15-9(3)11(8(2)13-15)7-14-6-10(17)5-12(14)16/h10,17H,4-7H2,1-3H3. The molecule has 1 aromatic heterocycles. The average molecular weight is 253 g/mol. The molecule has 1 saturated heterocycles. The summed E-state index contributed by atoms with van der Waals surface area (Å²) >= 11 is 4.37. The number of hydrogen-bond acceptors (Lipinski definition) is 3. The number of nitrogens with zero attached hydrogens (tertiary/aromatic N) is 3. The van der Waals surface area contributed by atoms with Gasteiger partial charge < -0.3 is 4.90 Å². The van der Waals surface area contributed by atoms with Crippen LogP contribution in [0.4, 0.5) is 0 Å². The average Bonchev–Trinajstić information content (AvgIpc) is 2.72. The molecule has 0 N–H and O–H groups in total. The molecule has 0 aliphatic carbocycles. The Bertz CT molecular complexity index is 441. The summed E-state index contributed by atoms with van der Waals surface area (Å²) in [6.07, 6.45) is 0.559. The molecule has 2 rings (SSSR count). The normalized spacial score (nSPS) is 20.4. The number of hydrogen-bond donors (Lipinski definition) is 1. The maximum absolute atomic E-state index is 11.7. The first-order valence-electron chi connectivity index (χ1n) is 6.01. The number of carbonyl (C=O) groups excluding carboxylic acids is 1. The van der Waals surface area contributed by atoms with Gasteiger partial charge in [-0.1, -0.05) is 0 Å². The van der Waals surface area contributed by atoms with Crippen LogP contribution in [0.2, 0.25) is 0 Å². The third-order valence-electron chi connectivity index (χ3n) is 3.37. The van der Waals surface area contributed by atoms with Crippen molar-refractivity contribution in [3.8, 4) is 0 Å². The lowest BCUT2D eigenvalue weighted by Gasteiger charge is -2.16. The molecule has 1 aliphatic rings. The Kier molecular flexibility index (Phi) is 3.47. The minimum atomic E-state index is 0.185. The van der Waals surface area contributed by atoms with Gasteiger partial charge in [-0.2, -0.15) is 17.7 Å². The second-order valence-electron chi connectivity index (χ2n) is 4.60. The summed E-state index contributed by atoms with van der Waals surface area (Å²) in [7, 11) is 0. The molecular weight excluding hydrogens is 234 g/mol. The lowest BCUT2D eigenvalue weighted by atomic mass is 10.2. The number of thiol groups is 1. The highest BCUT2D eigenvalue weighted by atomic mass is 32.1. The Morgan fingerprint density at radius 2 is 2.18 bits per heavy atom. The van der Waals surface area contributed by atoms with Crippen molar-refractivity contribution in [3.63, 3.8) is 0 Å². The van der Waals surface area contributed by atoms with Crippen molar-refractivity contribution in [2.24, 2.45) is 0 Å². The lowest BCUT2D eigenvalue weighted by molar-refractivity contribution is -0.128. The zero-order valence-electron chi connectivity index (χ0n) is 10.6. The van der Waals surface area contributed by atoms with Gasteiger partial charge in [0.1, 0.15) is 0 Å². The molecule has 0 bridgehead atoms. The number of likely N-dealkylation sites (tertiary alicyclic amines) is 1. The van der Waals surface area contributed by atoms with Gasteiger partial charge in [0.25, 0.3) is 0 Å². The van der Waals surface area contributed by atoms with Gasteiger partial charge in [-0.05, 0) is 20.8 Å². The molecule has 2 heterocycles. The van der Waals surface area contributed by atoms with E-state index in [4.69, 9.17) is 0 Å². The van der Waals surface area contributed by atoms with Crippen LogP contribution in [0.5, 0.6) is 0 Å². The number of aryl methyl sites for hydroxylation is 2. The molecule has 1 aliphatic heterocycles. The van der Waals surface area contributed by atoms with Crippen LogP contribution >= 0.6 is 12.6 Å². The summed E-state index contributed by atoms with van der Waals surface area (Å²) in [4.78, 5) is 13.6. The van der Waals surface area contributed by atoms with Gasteiger partial charge in [0, 0.05) is 42.6 Å². The van der Waals surface area contributed by atoms with Crippen molar-refractivity contribution in [2.45, 2.75) is 45.5 Å². The molecule has 0 saturated carbocycles. The molecule has 0 radical (unpaired) electrons. The van der Waals surface area contributed by atoms with Gasteiger partial charge in [-0.25, -0.2) is 0 Å². The van der Waals surface area contributed by atoms with E-state index in [1.807, 2.05) is 16.5 Å². The summed E-state index contributed by atoms with van der Waals surface area (Å²) in [5.41, 5.74) is 3.38. The highest BCUT2D eigenvalue weighted by Gasteiger charge is 2.28. The van der Waals surface area contributed by atoms with Gasteiger partial charge in [0.15, 0.2) is 0 Å². The quantitative estimate of drug-likeness (QED) is 0.830. The lowest BCUT2D eigenvalue weighted by Crippen LogP contribution is -2.25. The van der Waals surface area contributed by atoms with Crippen LogP contribution in [-0.2, 0) is 17.9 Å². The molecule has 1 amide bonds. The van der Waals surface area contributed by atoms with Crippen LogP contribution in [-0.4, -0.2) is 32.4 Å². The van der Waals surface area contributed by atoms with Gasteiger partial charge >= 0.3 is 0 Å². The summed E-state index contributed by atoms with van der Waals surface area (Å²) in [6.45, 7) is 8.44. The first-order chi connectivity index (χ1) is 8.02. The van der Waals surface area contributed by atoms with Crippen molar-refractivity contribution in [2.75, 3.05) is 6.54 Å². The maximum atomic E-state index is 11.7. The van der Waals surface area contributed by atoms with E-state index in [0.717, 1.165) is 18.8 Å². The molecule has 94 valence electrons. The molecule has 5 heteroatoms. The second kappa shape index (κ2) is 4.72. The second-order valence-corrected chi connectivity index (χ2v) is 5.33. The summed E-state index contributed by atoms with van der Waals surface area (Å²) < 4.78 is 1.99. The highest BCUT2D eigenvalue weighted by molar-refractivity contribution is 7.81. The molecule has 1 aromatic rings. The minimum absolute atomic E-state index is 0.185. The summed E-state index contributed by atoms with van der Waals surface area (Å²) in [5, 5.41) is 4.66. The van der Waals surface area contributed by atoms with Crippen LogP contribution in [0, 0.1) is 13.8 Å².